The van der Waals surface area contributed by atoms with Crippen molar-refractivity contribution in [3.8, 4) is 0 Å². The van der Waals surface area contributed by atoms with Crippen LogP contribution in [0.4, 0.5) is 4.39 Å². The first kappa shape index (κ1) is 10.6. The summed E-state index contributed by atoms with van der Waals surface area (Å²) in [6.07, 6.45) is 4.07. The Labute approximate surface area is 90.3 Å². The summed E-state index contributed by atoms with van der Waals surface area (Å²) < 4.78 is 18.5. The highest BCUT2D eigenvalue weighted by Crippen LogP contribution is 2.29. The summed E-state index contributed by atoms with van der Waals surface area (Å²) >= 11 is 0. The van der Waals surface area contributed by atoms with E-state index >= 15 is 0 Å². The van der Waals surface area contributed by atoms with E-state index in [2.05, 4.69) is 6.92 Å². The van der Waals surface area contributed by atoms with Crippen LogP contribution in [0.3, 0.4) is 0 Å². The summed E-state index contributed by atoms with van der Waals surface area (Å²) in [5.74, 6) is -0.118. The van der Waals surface area contributed by atoms with Gasteiger partial charge in [-0.15, -0.1) is 0 Å². The van der Waals surface area contributed by atoms with Gasteiger partial charge >= 0.3 is 0 Å². The van der Waals surface area contributed by atoms with Gasteiger partial charge in [0, 0.05) is 0 Å². The van der Waals surface area contributed by atoms with Crippen LogP contribution in [0.2, 0.25) is 0 Å². The van der Waals surface area contributed by atoms with E-state index < -0.39 is 0 Å². The summed E-state index contributed by atoms with van der Waals surface area (Å²) in [6, 6.07) is 5.35. The molecule has 0 aromatic heterocycles. The Morgan fingerprint density at radius 1 is 1.33 bits per heavy atom. The lowest BCUT2D eigenvalue weighted by Gasteiger charge is -2.02. The van der Waals surface area contributed by atoms with Gasteiger partial charge in [-0.1, -0.05) is 19.1 Å². The average molecular weight is 208 g/mol. The van der Waals surface area contributed by atoms with E-state index in [0.29, 0.717) is 12.2 Å². The molecule has 0 aliphatic carbocycles. The molecule has 1 nitrogen and oxygen atoms in total. The predicted molar refractivity (Wildman–Crippen MR) is 58.4 cm³/mol. The van der Waals surface area contributed by atoms with Crippen LogP contribution in [0, 0.1) is 12.7 Å². The third kappa shape index (κ3) is 2.57. The van der Waals surface area contributed by atoms with Gasteiger partial charge in [-0.25, -0.2) is 4.39 Å². The number of hydrogen-bond donors (Lipinski definition) is 0. The van der Waals surface area contributed by atoms with Crippen LogP contribution in [0.1, 0.15) is 30.9 Å². The molecule has 1 saturated heterocycles. The Bertz CT molecular complexity index is 348. The molecule has 2 rings (SSSR count). The van der Waals surface area contributed by atoms with Crippen LogP contribution < -0.4 is 0 Å². The molecular weight excluding hydrogens is 191 g/mol. The lowest BCUT2D eigenvalue weighted by Crippen LogP contribution is -1.96. The molecule has 1 aromatic carbocycles. The molecule has 0 N–H and O–H groups in total. The number of aryl methyl sites for hydroxylation is 2. The molecule has 2 atom stereocenters. The smallest absolute Gasteiger partial charge is 0.126 e. The standard InChI is InChI=1S/C13H17FO/c1-3-12-13(15-12)7-5-10-4-6-11(14)9(2)8-10/h4,6,8,12-13H,3,5,7H2,1-2H3. The van der Waals surface area contributed by atoms with Gasteiger partial charge in [0.25, 0.3) is 0 Å². The maximum Gasteiger partial charge on any atom is 0.126 e. The van der Waals surface area contributed by atoms with E-state index in [1.165, 1.54) is 5.56 Å². The molecule has 0 bridgehead atoms. The van der Waals surface area contributed by atoms with Crippen molar-refractivity contribution in [3.63, 3.8) is 0 Å². The molecule has 1 fully saturated rings. The fourth-order valence-electron chi connectivity index (χ4n) is 1.96. The maximum atomic E-state index is 13.0. The number of rotatable bonds is 4. The van der Waals surface area contributed by atoms with Gasteiger partial charge in [0.05, 0.1) is 12.2 Å². The molecule has 0 spiro atoms. The van der Waals surface area contributed by atoms with E-state index in [0.717, 1.165) is 24.8 Å². The molecule has 1 aliphatic heterocycles. The molecule has 82 valence electrons. The SMILES string of the molecule is CCC1OC1CCc1ccc(F)c(C)c1. The van der Waals surface area contributed by atoms with Crippen LogP contribution in [-0.4, -0.2) is 12.2 Å². The second kappa shape index (κ2) is 4.31. The monoisotopic (exact) mass is 208 g/mol. The fourth-order valence-corrected chi connectivity index (χ4v) is 1.96. The fraction of sp³-hybridized carbons (Fsp3) is 0.538. The highest BCUT2D eigenvalue weighted by atomic mass is 19.1. The highest BCUT2D eigenvalue weighted by molar-refractivity contribution is 5.24. The summed E-state index contributed by atoms with van der Waals surface area (Å²) in [5.41, 5.74) is 1.94. The Morgan fingerprint density at radius 3 is 2.73 bits per heavy atom. The van der Waals surface area contributed by atoms with Gasteiger partial charge in [-0.05, 0) is 43.4 Å². The third-order valence-electron chi connectivity index (χ3n) is 3.03. The minimum atomic E-state index is -0.118. The summed E-state index contributed by atoms with van der Waals surface area (Å²) in [5, 5.41) is 0. The van der Waals surface area contributed by atoms with Gasteiger partial charge in [0.1, 0.15) is 5.82 Å². The van der Waals surface area contributed by atoms with E-state index in [9.17, 15) is 4.39 Å². The second-order valence-electron chi connectivity index (χ2n) is 4.24. The van der Waals surface area contributed by atoms with Crippen molar-refractivity contribution in [2.75, 3.05) is 0 Å². The van der Waals surface area contributed by atoms with Crippen LogP contribution in [0.25, 0.3) is 0 Å². The minimum Gasteiger partial charge on any atom is -0.370 e. The molecule has 2 heteroatoms. The molecule has 1 heterocycles. The number of benzene rings is 1. The summed E-state index contributed by atoms with van der Waals surface area (Å²) in [6.45, 7) is 3.95. The van der Waals surface area contributed by atoms with Gasteiger partial charge < -0.3 is 4.74 Å². The second-order valence-corrected chi connectivity index (χ2v) is 4.24. The van der Waals surface area contributed by atoms with Crippen LogP contribution in [0.15, 0.2) is 18.2 Å². The number of epoxide rings is 1. The zero-order valence-electron chi connectivity index (χ0n) is 9.29. The van der Waals surface area contributed by atoms with Gasteiger partial charge in [0.2, 0.25) is 0 Å². The highest BCUT2D eigenvalue weighted by Gasteiger charge is 2.35. The van der Waals surface area contributed by atoms with Crippen molar-refractivity contribution in [1.29, 1.82) is 0 Å². The van der Waals surface area contributed by atoms with E-state index in [-0.39, 0.29) is 5.82 Å². The van der Waals surface area contributed by atoms with Crippen LogP contribution in [-0.2, 0) is 11.2 Å². The maximum absolute atomic E-state index is 13.0. The van der Waals surface area contributed by atoms with Crippen molar-refractivity contribution in [2.24, 2.45) is 0 Å². The minimum absolute atomic E-state index is 0.118. The summed E-state index contributed by atoms with van der Waals surface area (Å²) in [4.78, 5) is 0. The number of halogens is 1. The normalized spacial score (nSPS) is 24.2. The van der Waals surface area contributed by atoms with Crippen molar-refractivity contribution in [1.82, 2.24) is 0 Å². The quantitative estimate of drug-likeness (QED) is 0.692. The molecular formula is C13H17FO. The Balaban J connectivity index is 1.86. The summed E-state index contributed by atoms with van der Waals surface area (Å²) in [7, 11) is 0. The molecule has 0 amide bonds. The number of hydrogen-bond acceptors (Lipinski definition) is 1. The van der Waals surface area contributed by atoms with Gasteiger partial charge in [-0.2, -0.15) is 0 Å². The lowest BCUT2D eigenvalue weighted by atomic mass is 10.0. The Morgan fingerprint density at radius 2 is 2.13 bits per heavy atom. The van der Waals surface area contributed by atoms with Gasteiger partial charge in [-0.3, -0.25) is 0 Å². The number of ether oxygens (including phenoxy) is 1. The zero-order chi connectivity index (χ0) is 10.8. The van der Waals surface area contributed by atoms with Crippen molar-refractivity contribution in [3.05, 3.63) is 35.1 Å². The largest absolute Gasteiger partial charge is 0.370 e. The van der Waals surface area contributed by atoms with Crippen LogP contribution in [0.5, 0.6) is 0 Å². The Hall–Kier alpha value is -0.890. The van der Waals surface area contributed by atoms with Crippen molar-refractivity contribution < 1.29 is 9.13 Å². The topological polar surface area (TPSA) is 12.5 Å². The lowest BCUT2D eigenvalue weighted by molar-refractivity contribution is 0.360. The molecule has 1 aromatic rings. The first-order valence-corrected chi connectivity index (χ1v) is 5.61. The van der Waals surface area contributed by atoms with Crippen molar-refractivity contribution >= 4 is 0 Å². The van der Waals surface area contributed by atoms with Crippen molar-refractivity contribution in [2.45, 2.75) is 45.3 Å². The molecule has 0 radical (unpaired) electrons. The average Bonchev–Trinajstić information content (AvgIpc) is 2.98. The third-order valence-corrected chi connectivity index (χ3v) is 3.03. The first-order chi connectivity index (χ1) is 7.20. The Kier molecular flexibility index (Phi) is 3.06. The first-order valence-electron chi connectivity index (χ1n) is 5.61. The van der Waals surface area contributed by atoms with E-state index in [4.69, 9.17) is 4.74 Å². The zero-order valence-corrected chi connectivity index (χ0v) is 9.29. The molecule has 2 unspecified atom stereocenters. The van der Waals surface area contributed by atoms with E-state index in [1.54, 1.807) is 13.0 Å². The van der Waals surface area contributed by atoms with Crippen LogP contribution >= 0.6 is 0 Å². The molecule has 1 aliphatic rings. The molecule has 15 heavy (non-hydrogen) atoms. The van der Waals surface area contributed by atoms with E-state index in [1.807, 2.05) is 12.1 Å². The van der Waals surface area contributed by atoms with Gasteiger partial charge in [0.15, 0.2) is 0 Å². The predicted octanol–water partition coefficient (Wildman–Crippen LogP) is 3.24. The molecule has 0 saturated carbocycles.